The molecule has 94 valence electrons. The molecule has 0 radical (unpaired) electrons. The third-order valence-electron chi connectivity index (χ3n) is 3.28. The summed E-state index contributed by atoms with van der Waals surface area (Å²) in [6.07, 6.45) is 2.89. The highest BCUT2D eigenvalue weighted by atomic mass is 19.1. The Kier molecular flexibility index (Phi) is 4.05. The van der Waals surface area contributed by atoms with E-state index in [1.54, 1.807) is 12.3 Å². The van der Waals surface area contributed by atoms with E-state index in [1.165, 1.54) is 11.8 Å². The largest absolute Gasteiger partial charge is 0.312 e. The van der Waals surface area contributed by atoms with Crippen LogP contribution in [0.25, 0.3) is 0 Å². The fourth-order valence-corrected chi connectivity index (χ4v) is 2.26. The minimum absolute atomic E-state index is 0.0598. The van der Waals surface area contributed by atoms with Crippen molar-refractivity contribution < 1.29 is 4.39 Å². The third kappa shape index (κ3) is 2.57. The molecule has 0 aliphatic rings. The Morgan fingerprint density at radius 2 is 1.89 bits per heavy atom. The average molecular weight is 244 g/mol. The molecule has 2 nitrogen and oxygen atoms in total. The first kappa shape index (κ1) is 12.7. The first-order valence-corrected chi connectivity index (χ1v) is 6.05. The van der Waals surface area contributed by atoms with Crippen LogP contribution in [0.1, 0.15) is 30.0 Å². The molecule has 2 atom stereocenters. The van der Waals surface area contributed by atoms with Gasteiger partial charge in [-0.2, -0.15) is 0 Å². The van der Waals surface area contributed by atoms with Crippen molar-refractivity contribution >= 4 is 0 Å². The van der Waals surface area contributed by atoms with E-state index < -0.39 is 0 Å². The van der Waals surface area contributed by atoms with Gasteiger partial charge in [0.25, 0.3) is 0 Å². The lowest BCUT2D eigenvalue weighted by molar-refractivity contribution is 0.476. The molecule has 2 rings (SSSR count). The number of hydrogen-bond acceptors (Lipinski definition) is 2. The Hall–Kier alpha value is -1.74. The second-order valence-corrected chi connectivity index (χ2v) is 4.36. The van der Waals surface area contributed by atoms with Gasteiger partial charge in [-0.1, -0.05) is 37.3 Å². The second kappa shape index (κ2) is 5.74. The van der Waals surface area contributed by atoms with E-state index in [0.29, 0.717) is 5.56 Å². The highest BCUT2D eigenvalue weighted by Gasteiger charge is 2.21. The number of hydrogen-bond donors (Lipinski definition) is 1. The number of rotatable bonds is 4. The summed E-state index contributed by atoms with van der Waals surface area (Å²) in [6, 6.07) is 11.8. The molecular formula is C15H17FN2. The maximum Gasteiger partial charge on any atom is 0.146 e. The molecule has 1 heterocycles. The van der Waals surface area contributed by atoms with E-state index in [1.807, 2.05) is 25.2 Å². The molecule has 0 fully saturated rings. The van der Waals surface area contributed by atoms with Crippen LogP contribution in [0.4, 0.5) is 4.39 Å². The van der Waals surface area contributed by atoms with Gasteiger partial charge >= 0.3 is 0 Å². The van der Waals surface area contributed by atoms with Gasteiger partial charge in [-0.3, -0.25) is 4.98 Å². The molecule has 0 aliphatic heterocycles. The van der Waals surface area contributed by atoms with E-state index >= 15 is 0 Å². The Labute approximate surface area is 107 Å². The molecule has 0 bridgehead atoms. The molecule has 0 saturated heterocycles. The normalized spacial score (nSPS) is 14.2. The van der Waals surface area contributed by atoms with Gasteiger partial charge in [0.2, 0.25) is 0 Å². The van der Waals surface area contributed by atoms with Crippen LogP contribution < -0.4 is 5.32 Å². The monoisotopic (exact) mass is 244 g/mol. The summed E-state index contributed by atoms with van der Waals surface area (Å²) in [5.74, 6) is -0.0762. The van der Waals surface area contributed by atoms with E-state index in [2.05, 4.69) is 29.4 Å². The van der Waals surface area contributed by atoms with Gasteiger partial charge in [0, 0.05) is 23.7 Å². The van der Waals surface area contributed by atoms with Crippen LogP contribution in [0, 0.1) is 5.82 Å². The van der Waals surface area contributed by atoms with E-state index in [-0.39, 0.29) is 17.8 Å². The minimum Gasteiger partial charge on any atom is -0.312 e. The average Bonchev–Trinajstić information content (AvgIpc) is 2.42. The number of nitrogens with one attached hydrogen (secondary N) is 1. The van der Waals surface area contributed by atoms with Crippen molar-refractivity contribution in [3.05, 3.63) is 65.7 Å². The van der Waals surface area contributed by atoms with Gasteiger partial charge in [0.15, 0.2) is 0 Å². The molecule has 18 heavy (non-hydrogen) atoms. The number of halogens is 1. The molecule has 1 aromatic carbocycles. The maximum absolute atomic E-state index is 13.8. The first-order chi connectivity index (χ1) is 8.74. The van der Waals surface area contributed by atoms with Gasteiger partial charge < -0.3 is 5.32 Å². The van der Waals surface area contributed by atoms with Crippen molar-refractivity contribution in [2.24, 2.45) is 0 Å². The standard InChI is InChI=1S/C15H17FN2/c1-11(12-6-4-3-5-7-12)15(17-2)13-8-9-18-10-14(13)16/h3-11,15,17H,1-2H3. The van der Waals surface area contributed by atoms with E-state index in [4.69, 9.17) is 0 Å². The molecule has 2 aromatic rings. The predicted octanol–water partition coefficient (Wildman–Crippen LogP) is 3.28. The zero-order valence-electron chi connectivity index (χ0n) is 10.6. The summed E-state index contributed by atoms with van der Waals surface area (Å²) >= 11 is 0. The van der Waals surface area contributed by atoms with Gasteiger partial charge in [-0.15, -0.1) is 0 Å². The first-order valence-electron chi connectivity index (χ1n) is 6.05. The minimum atomic E-state index is -0.264. The SMILES string of the molecule is CNC(c1ccncc1F)C(C)c1ccccc1. The Balaban J connectivity index is 2.32. The maximum atomic E-state index is 13.8. The van der Waals surface area contributed by atoms with Gasteiger partial charge in [0.1, 0.15) is 5.82 Å². The van der Waals surface area contributed by atoms with E-state index in [0.717, 1.165) is 0 Å². The van der Waals surface area contributed by atoms with Gasteiger partial charge in [-0.25, -0.2) is 4.39 Å². The predicted molar refractivity (Wildman–Crippen MR) is 70.9 cm³/mol. The molecule has 2 unspecified atom stereocenters. The molecule has 1 N–H and O–H groups in total. The Morgan fingerprint density at radius 3 is 2.50 bits per heavy atom. The van der Waals surface area contributed by atoms with Gasteiger partial charge in [-0.05, 0) is 18.7 Å². The van der Waals surface area contributed by atoms with Crippen molar-refractivity contribution in [3.63, 3.8) is 0 Å². The number of aromatic nitrogens is 1. The lowest BCUT2D eigenvalue weighted by Gasteiger charge is -2.24. The lowest BCUT2D eigenvalue weighted by atomic mass is 9.89. The van der Waals surface area contributed by atoms with Crippen LogP contribution in [0.2, 0.25) is 0 Å². The quantitative estimate of drug-likeness (QED) is 0.892. The van der Waals surface area contributed by atoms with E-state index in [9.17, 15) is 4.39 Å². The summed E-state index contributed by atoms with van der Waals surface area (Å²) < 4.78 is 13.8. The van der Waals surface area contributed by atoms with Crippen molar-refractivity contribution in [1.29, 1.82) is 0 Å². The summed E-state index contributed by atoms with van der Waals surface area (Å²) in [5, 5.41) is 3.19. The van der Waals surface area contributed by atoms with Crippen LogP contribution in [0.3, 0.4) is 0 Å². The Morgan fingerprint density at radius 1 is 1.17 bits per heavy atom. The summed E-state index contributed by atoms with van der Waals surface area (Å²) in [7, 11) is 1.85. The Bertz CT molecular complexity index is 499. The van der Waals surface area contributed by atoms with Crippen LogP contribution in [-0.2, 0) is 0 Å². The van der Waals surface area contributed by atoms with Crippen molar-refractivity contribution in [3.8, 4) is 0 Å². The number of pyridine rings is 1. The van der Waals surface area contributed by atoms with Gasteiger partial charge in [0.05, 0.1) is 6.20 Å². The van der Waals surface area contributed by atoms with Crippen LogP contribution >= 0.6 is 0 Å². The van der Waals surface area contributed by atoms with Crippen molar-refractivity contribution in [1.82, 2.24) is 10.3 Å². The van der Waals surface area contributed by atoms with Crippen LogP contribution in [-0.4, -0.2) is 12.0 Å². The summed E-state index contributed by atoms with van der Waals surface area (Å²) in [6.45, 7) is 2.09. The third-order valence-corrected chi connectivity index (χ3v) is 3.28. The molecular weight excluding hydrogens is 227 g/mol. The van der Waals surface area contributed by atoms with Crippen molar-refractivity contribution in [2.75, 3.05) is 7.05 Å². The zero-order chi connectivity index (χ0) is 13.0. The lowest BCUT2D eigenvalue weighted by Crippen LogP contribution is -2.23. The molecule has 3 heteroatoms. The fourth-order valence-electron chi connectivity index (χ4n) is 2.26. The highest BCUT2D eigenvalue weighted by Crippen LogP contribution is 2.31. The highest BCUT2D eigenvalue weighted by molar-refractivity contribution is 5.27. The molecule has 0 aliphatic carbocycles. The number of nitrogens with zero attached hydrogens (tertiary/aromatic N) is 1. The fraction of sp³-hybridized carbons (Fsp3) is 0.267. The molecule has 0 saturated carbocycles. The van der Waals surface area contributed by atoms with Crippen molar-refractivity contribution in [2.45, 2.75) is 18.9 Å². The zero-order valence-corrected chi connectivity index (χ0v) is 10.6. The summed E-state index contributed by atoms with van der Waals surface area (Å²) in [5.41, 5.74) is 1.84. The number of likely N-dealkylation sites (N-methyl/N-ethyl adjacent to an activating group) is 1. The smallest absolute Gasteiger partial charge is 0.146 e. The summed E-state index contributed by atoms with van der Waals surface area (Å²) in [4.78, 5) is 3.79. The molecule has 0 amide bonds. The topological polar surface area (TPSA) is 24.9 Å². The van der Waals surface area contributed by atoms with Crippen LogP contribution in [0.15, 0.2) is 48.8 Å². The molecule has 1 aromatic heterocycles. The molecule has 0 spiro atoms. The number of benzene rings is 1. The second-order valence-electron chi connectivity index (χ2n) is 4.36. The van der Waals surface area contributed by atoms with Crippen LogP contribution in [0.5, 0.6) is 0 Å².